The second-order valence-corrected chi connectivity index (χ2v) is 10.0. The molecule has 1 amide bonds. The molecule has 3 aromatic rings. The number of hydrogen-bond acceptors (Lipinski definition) is 5. The Morgan fingerprint density at radius 1 is 0.970 bits per heavy atom. The number of amides is 1. The number of benzene rings is 3. The Kier molecular flexibility index (Phi) is 8.47. The third kappa shape index (κ3) is 7.01. The lowest BCUT2D eigenvalue weighted by Gasteiger charge is -2.12. The van der Waals surface area contributed by atoms with Crippen LogP contribution < -0.4 is 19.5 Å². The molecule has 0 heterocycles. The third-order valence-electron chi connectivity index (χ3n) is 4.18. The van der Waals surface area contributed by atoms with E-state index in [9.17, 15) is 13.2 Å². The van der Waals surface area contributed by atoms with Crippen LogP contribution in [0.25, 0.3) is 0 Å². The Hall–Kier alpha value is -2.46. The second kappa shape index (κ2) is 11.1. The first-order valence-electron chi connectivity index (χ1n) is 9.61. The molecule has 3 aromatic carbocycles. The molecule has 0 aliphatic heterocycles. The van der Waals surface area contributed by atoms with E-state index in [1.54, 1.807) is 30.3 Å². The summed E-state index contributed by atoms with van der Waals surface area (Å²) in [5.74, 6) is 0.490. The Morgan fingerprint density at radius 2 is 1.61 bits per heavy atom. The fourth-order valence-corrected chi connectivity index (χ4v) is 5.15. The molecule has 0 bridgehead atoms. The highest BCUT2D eigenvalue weighted by Crippen LogP contribution is 2.36. The number of rotatable bonds is 9. The van der Waals surface area contributed by atoms with Crippen LogP contribution >= 0.6 is 39.1 Å². The number of anilines is 2. The van der Waals surface area contributed by atoms with Crippen molar-refractivity contribution in [1.82, 2.24) is 0 Å². The molecule has 3 rings (SSSR count). The molecule has 7 nitrogen and oxygen atoms in total. The highest BCUT2D eigenvalue weighted by atomic mass is 79.9. The summed E-state index contributed by atoms with van der Waals surface area (Å²) in [5, 5.41) is 3.32. The molecule has 0 aliphatic carbocycles. The lowest BCUT2D eigenvalue weighted by molar-refractivity contribution is -0.118. The van der Waals surface area contributed by atoms with Gasteiger partial charge in [0.25, 0.3) is 15.9 Å². The van der Waals surface area contributed by atoms with Gasteiger partial charge in [0.1, 0.15) is 5.75 Å². The topological polar surface area (TPSA) is 93.7 Å². The molecule has 0 unspecified atom stereocenters. The fourth-order valence-electron chi connectivity index (χ4n) is 2.72. The quantitative estimate of drug-likeness (QED) is 0.329. The summed E-state index contributed by atoms with van der Waals surface area (Å²) in [5.41, 5.74) is 0.810. The summed E-state index contributed by atoms with van der Waals surface area (Å²) in [6.45, 7) is 2.08. The van der Waals surface area contributed by atoms with E-state index in [0.717, 1.165) is 0 Å². The molecule has 174 valence electrons. The van der Waals surface area contributed by atoms with E-state index in [2.05, 4.69) is 26.0 Å². The van der Waals surface area contributed by atoms with Crippen molar-refractivity contribution in [2.75, 3.05) is 23.3 Å². The molecule has 0 spiro atoms. The highest BCUT2D eigenvalue weighted by molar-refractivity contribution is 9.10. The Morgan fingerprint density at radius 3 is 2.21 bits per heavy atom. The van der Waals surface area contributed by atoms with Crippen molar-refractivity contribution in [2.24, 2.45) is 0 Å². The maximum absolute atomic E-state index is 12.6. The van der Waals surface area contributed by atoms with Crippen molar-refractivity contribution in [3.05, 3.63) is 75.2 Å². The monoisotopic (exact) mass is 572 g/mol. The minimum absolute atomic E-state index is 0.0440. The molecule has 0 aromatic heterocycles. The zero-order valence-electron chi connectivity index (χ0n) is 17.3. The average Bonchev–Trinajstić information content (AvgIpc) is 2.75. The Labute approximate surface area is 210 Å². The Bertz CT molecular complexity index is 1210. The van der Waals surface area contributed by atoms with Crippen molar-refractivity contribution in [1.29, 1.82) is 0 Å². The van der Waals surface area contributed by atoms with Crippen LogP contribution in [0.15, 0.2) is 70.0 Å². The first-order valence-corrected chi connectivity index (χ1v) is 12.6. The van der Waals surface area contributed by atoms with Crippen molar-refractivity contribution >= 4 is 66.4 Å². The average molecular weight is 574 g/mol. The van der Waals surface area contributed by atoms with Gasteiger partial charge in [-0.05, 0) is 83.5 Å². The van der Waals surface area contributed by atoms with Gasteiger partial charge in [0.05, 0.1) is 21.0 Å². The van der Waals surface area contributed by atoms with Gasteiger partial charge in [-0.15, -0.1) is 0 Å². The number of carbonyl (C=O) groups is 1. The molecule has 0 aliphatic rings. The molecular formula is C22H19BrCl2N2O5S. The third-order valence-corrected chi connectivity index (χ3v) is 6.66. The number of ether oxygens (including phenoxy) is 2. The minimum atomic E-state index is -3.80. The largest absolute Gasteiger partial charge is 0.494 e. The van der Waals surface area contributed by atoms with E-state index in [0.29, 0.717) is 33.2 Å². The molecule has 11 heteroatoms. The molecular weight excluding hydrogens is 555 g/mol. The van der Waals surface area contributed by atoms with E-state index in [-0.39, 0.29) is 22.3 Å². The van der Waals surface area contributed by atoms with Gasteiger partial charge in [0.2, 0.25) is 0 Å². The zero-order chi connectivity index (χ0) is 24.0. The maximum atomic E-state index is 12.6. The van der Waals surface area contributed by atoms with E-state index in [1.807, 2.05) is 6.92 Å². The Balaban J connectivity index is 1.59. The van der Waals surface area contributed by atoms with Gasteiger partial charge in [0, 0.05) is 16.4 Å². The van der Waals surface area contributed by atoms with Gasteiger partial charge in [0.15, 0.2) is 12.4 Å². The lowest BCUT2D eigenvalue weighted by Crippen LogP contribution is -2.20. The number of halogens is 3. The van der Waals surface area contributed by atoms with Crippen LogP contribution in [0.5, 0.6) is 11.5 Å². The van der Waals surface area contributed by atoms with E-state index in [4.69, 9.17) is 32.7 Å². The predicted octanol–water partition coefficient (Wildman–Crippen LogP) is 5.97. The van der Waals surface area contributed by atoms with Crippen LogP contribution in [-0.2, 0) is 14.8 Å². The summed E-state index contributed by atoms with van der Waals surface area (Å²) in [7, 11) is -3.80. The normalized spacial score (nSPS) is 11.0. The minimum Gasteiger partial charge on any atom is -0.494 e. The van der Waals surface area contributed by atoms with Crippen LogP contribution in [0.2, 0.25) is 10.0 Å². The van der Waals surface area contributed by atoms with Crippen LogP contribution in [0.1, 0.15) is 6.92 Å². The van der Waals surface area contributed by atoms with Gasteiger partial charge in [-0.25, -0.2) is 8.42 Å². The van der Waals surface area contributed by atoms with Crippen LogP contribution in [-0.4, -0.2) is 27.5 Å². The van der Waals surface area contributed by atoms with E-state index in [1.165, 1.54) is 30.3 Å². The maximum Gasteiger partial charge on any atom is 0.262 e. The number of nitrogens with one attached hydrogen (secondary N) is 2. The van der Waals surface area contributed by atoms with E-state index < -0.39 is 15.9 Å². The highest BCUT2D eigenvalue weighted by Gasteiger charge is 2.15. The summed E-state index contributed by atoms with van der Waals surface area (Å²) < 4.78 is 39.1. The second-order valence-electron chi connectivity index (χ2n) is 6.62. The summed E-state index contributed by atoms with van der Waals surface area (Å²) in [4.78, 5) is 12.3. The number of carbonyl (C=O) groups excluding carboxylic acids is 1. The SMILES string of the molecule is CCOc1ccc(NS(=O)(=O)c2ccc(NC(=O)COc3c(Cl)cc(Cl)cc3Br)cc2)cc1. The standard InChI is InChI=1S/C22H19BrCl2N2O5S/c1-2-31-17-7-3-16(4-8-17)27-33(29,30)18-9-5-15(6-10-18)26-21(28)13-32-22-19(23)11-14(24)12-20(22)25/h3-12,27H,2,13H2,1H3,(H,26,28). The molecule has 0 fully saturated rings. The lowest BCUT2D eigenvalue weighted by atomic mass is 10.3. The molecule has 0 atom stereocenters. The van der Waals surface area contributed by atoms with Gasteiger partial charge in [-0.3, -0.25) is 9.52 Å². The molecule has 2 N–H and O–H groups in total. The first-order chi connectivity index (χ1) is 15.7. The fraction of sp³-hybridized carbons (Fsp3) is 0.136. The summed E-state index contributed by atoms with van der Waals surface area (Å²) in [6.07, 6.45) is 0. The summed E-state index contributed by atoms with van der Waals surface area (Å²) in [6, 6.07) is 15.4. The molecule has 0 saturated heterocycles. The predicted molar refractivity (Wildman–Crippen MR) is 133 cm³/mol. The molecule has 33 heavy (non-hydrogen) atoms. The molecule has 0 saturated carbocycles. The zero-order valence-corrected chi connectivity index (χ0v) is 21.2. The number of sulfonamides is 1. The van der Waals surface area contributed by atoms with Crippen LogP contribution in [0.4, 0.5) is 11.4 Å². The van der Waals surface area contributed by atoms with Crippen molar-refractivity contribution < 1.29 is 22.7 Å². The molecule has 0 radical (unpaired) electrons. The van der Waals surface area contributed by atoms with Gasteiger partial charge in [-0.1, -0.05) is 23.2 Å². The van der Waals surface area contributed by atoms with Crippen molar-refractivity contribution in [3.8, 4) is 11.5 Å². The van der Waals surface area contributed by atoms with Gasteiger partial charge < -0.3 is 14.8 Å². The smallest absolute Gasteiger partial charge is 0.262 e. The van der Waals surface area contributed by atoms with Crippen molar-refractivity contribution in [3.63, 3.8) is 0 Å². The van der Waals surface area contributed by atoms with Gasteiger partial charge >= 0.3 is 0 Å². The number of hydrogen-bond donors (Lipinski definition) is 2. The van der Waals surface area contributed by atoms with Crippen molar-refractivity contribution in [2.45, 2.75) is 11.8 Å². The first kappa shape index (κ1) is 25.2. The van der Waals surface area contributed by atoms with Crippen LogP contribution in [0.3, 0.4) is 0 Å². The summed E-state index contributed by atoms with van der Waals surface area (Å²) >= 11 is 15.3. The van der Waals surface area contributed by atoms with Crippen LogP contribution in [0, 0.1) is 0 Å². The van der Waals surface area contributed by atoms with E-state index >= 15 is 0 Å². The van der Waals surface area contributed by atoms with Gasteiger partial charge in [-0.2, -0.15) is 0 Å².